The summed E-state index contributed by atoms with van der Waals surface area (Å²) < 4.78 is 0. The Morgan fingerprint density at radius 2 is 1.82 bits per heavy atom. The summed E-state index contributed by atoms with van der Waals surface area (Å²) in [6.45, 7) is 9.11. The van der Waals surface area contributed by atoms with Gasteiger partial charge in [0, 0.05) is 19.0 Å². The Labute approximate surface area is 103 Å². The molecular weight excluding hydrogens is 212 g/mol. The van der Waals surface area contributed by atoms with E-state index in [2.05, 4.69) is 38.2 Å². The largest absolute Gasteiger partial charge is 0.370 e. The fourth-order valence-electron chi connectivity index (χ4n) is 2.14. The maximum Gasteiger partial charge on any atom is 0.218 e. The van der Waals surface area contributed by atoms with E-state index in [0.717, 1.165) is 6.54 Å². The van der Waals surface area contributed by atoms with Gasteiger partial charge in [0.2, 0.25) is 5.91 Å². The van der Waals surface area contributed by atoms with Crippen molar-refractivity contribution in [1.82, 2.24) is 5.32 Å². The van der Waals surface area contributed by atoms with Crippen LogP contribution in [0.15, 0.2) is 12.1 Å². The van der Waals surface area contributed by atoms with Gasteiger partial charge in [-0.3, -0.25) is 4.79 Å². The summed E-state index contributed by atoms with van der Waals surface area (Å²) in [5.41, 5.74) is 10.3. The van der Waals surface area contributed by atoms with Crippen LogP contribution in [0, 0.1) is 20.8 Å². The number of primary amides is 1. The molecule has 3 nitrogen and oxygen atoms in total. The van der Waals surface area contributed by atoms with Crippen molar-refractivity contribution in [3.8, 4) is 0 Å². The van der Waals surface area contributed by atoms with Crippen molar-refractivity contribution in [2.45, 2.75) is 46.7 Å². The van der Waals surface area contributed by atoms with E-state index in [4.69, 9.17) is 5.73 Å². The number of carbonyl (C=O) groups is 1. The van der Waals surface area contributed by atoms with Gasteiger partial charge < -0.3 is 11.1 Å². The second-order valence-corrected chi connectivity index (χ2v) is 4.83. The topological polar surface area (TPSA) is 55.1 Å². The third-order valence-corrected chi connectivity index (χ3v) is 2.98. The minimum absolute atomic E-state index is 0.118. The lowest BCUT2D eigenvalue weighted by Gasteiger charge is -2.16. The standard InChI is InChI=1S/C14H22N2O/c1-9-5-10(2)13(11(3)6-9)8-16-12(4)7-14(15)17/h5-6,12,16H,7-8H2,1-4H3,(H2,15,17)/t12-/m1/s1. The second kappa shape index (κ2) is 5.82. The van der Waals surface area contributed by atoms with Gasteiger partial charge in [0.1, 0.15) is 0 Å². The average molecular weight is 234 g/mol. The molecule has 0 unspecified atom stereocenters. The highest BCUT2D eigenvalue weighted by Crippen LogP contribution is 2.16. The molecule has 1 amide bonds. The first-order valence-corrected chi connectivity index (χ1v) is 5.98. The van der Waals surface area contributed by atoms with Crippen molar-refractivity contribution < 1.29 is 4.79 Å². The predicted octanol–water partition coefficient (Wildman–Crippen LogP) is 1.97. The van der Waals surface area contributed by atoms with E-state index in [1.807, 2.05) is 6.92 Å². The molecule has 0 saturated carbocycles. The first kappa shape index (κ1) is 13.7. The van der Waals surface area contributed by atoms with Crippen LogP contribution in [0.2, 0.25) is 0 Å². The second-order valence-electron chi connectivity index (χ2n) is 4.83. The van der Waals surface area contributed by atoms with Crippen LogP contribution in [-0.4, -0.2) is 11.9 Å². The van der Waals surface area contributed by atoms with Gasteiger partial charge in [-0.25, -0.2) is 0 Å². The lowest BCUT2D eigenvalue weighted by atomic mass is 9.99. The highest BCUT2D eigenvalue weighted by atomic mass is 16.1. The highest BCUT2D eigenvalue weighted by Gasteiger charge is 2.08. The highest BCUT2D eigenvalue weighted by molar-refractivity contribution is 5.74. The summed E-state index contributed by atoms with van der Waals surface area (Å²) in [5, 5.41) is 3.33. The fourth-order valence-corrected chi connectivity index (χ4v) is 2.14. The molecule has 94 valence electrons. The van der Waals surface area contributed by atoms with Crippen LogP contribution in [0.25, 0.3) is 0 Å². The van der Waals surface area contributed by atoms with Crippen molar-refractivity contribution in [2.75, 3.05) is 0 Å². The third-order valence-electron chi connectivity index (χ3n) is 2.98. The predicted molar refractivity (Wildman–Crippen MR) is 70.8 cm³/mol. The number of nitrogens with two attached hydrogens (primary N) is 1. The average Bonchev–Trinajstić information content (AvgIpc) is 2.14. The van der Waals surface area contributed by atoms with E-state index in [1.54, 1.807) is 0 Å². The molecule has 0 bridgehead atoms. The quantitative estimate of drug-likeness (QED) is 0.818. The molecule has 3 N–H and O–H groups in total. The van der Waals surface area contributed by atoms with Crippen LogP contribution < -0.4 is 11.1 Å². The molecule has 0 fully saturated rings. The molecule has 0 aliphatic carbocycles. The lowest BCUT2D eigenvalue weighted by molar-refractivity contribution is -0.118. The van der Waals surface area contributed by atoms with Crippen molar-refractivity contribution in [3.05, 3.63) is 34.4 Å². The molecule has 1 rings (SSSR count). The minimum Gasteiger partial charge on any atom is -0.370 e. The molecule has 0 radical (unpaired) electrons. The van der Waals surface area contributed by atoms with E-state index in [0.29, 0.717) is 6.42 Å². The number of hydrogen-bond acceptors (Lipinski definition) is 2. The summed E-state index contributed by atoms with van der Waals surface area (Å²) in [6, 6.07) is 4.48. The van der Waals surface area contributed by atoms with Gasteiger partial charge in [-0.15, -0.1) is 0 Å². The third kappa shape index (κ3) is 4.19. The van der Waals surface area contributed by atoms with Crippen molar-refractivity contribution in [3.63, 3.8) is 0 Å². The summed E-state index contributed by atoms with van der Waals surface area (Å²) in [7, 11) is 0. The Hall–Kier alpha value is -1.35. The van der Waals surface area contributed by atoms with E-state index in [-0.39, 0.29) is 11.9 Å². The molecule has 0 saturated heterocycles. The Morgan fingerprint density at radius 3 is 2.29 bits per heavy atom. The molecule has 1 aromatic rings. The van der Waals surface area contributed by atoms with Crippen LogP contribution >= 0.6 is 0 Å². The molecule has 3 heteroatoms. The molecule has 0 aromatic heterocycles. The van der Waals surface area contributed by atoms with Gasteiger partial charge in [-0.2, -0.15) is 0 Å². The molecule has 1 atom stereocenters. The zero-order valence-electron chi connectivity index (χ0n) is 11.1. The molecule has 0 heterocycles. The number of rotatable bonds is 5. The van der Waals surface area contributed by atoms with Crippen LogP contribution in [-0.2, 0) is 11.3 Å². The monoisotopic (exact) mass is 234 g/mol. The van der Waals surface area contributed by atoms with Gasteiger partial charge in [-0.1, -0.05) is 17.7 Å². The van der Waals surface area contributed by atoms with Crippen LogP contribution in [0.5, 0.6) is 0 Å². The maximum atomic E-state index is 10.8. The summed E-state index contributed by atoms with van der Waals surface area (Å²) in [6.07, 6.45) is 0.379. The fraction of sp³-hybridized carbons (Fsp3) is 0.500. The van der Waals surface area contributed by atoms with Crippen molar-refractivity contribution in [2.24, 2.45) is 5.73 Å². The van der Waals surface area contributed by atoms with Crippen LogP contribution in [0.4, 0.5) is 0 Å². The normalized spacial score (nSPS) is 12.5. The van der Waals surface area contributed by atoms with E-state index in [9.17, 15) is 4.79 Å². The van der Waals surface area contributed by atoms with Gasteiger partial charge in [0.25, 0.3) is 0 Å². The summed E-state index contributed by atoms with van der Waals surface area (Å²) >= 11 is 0. The molecule has 0 aliphatic heterocycles. The Kier molecular flexibility index (Phi) is 4.70. The van der Waals surface area contributed by atoms with Gasteiger partial charge in [-0.05, 0) is 44.4 Å². The number of hydrogen-bond donors (Lipinski definition) is 2. The Morgan fingerprint density at radius 1 is 1.29 bits per heavy atom. The summed E-state index contributed by atoms with van der Waals surface area (Å²) in [5.74, 6) is -0.262. The number of amides is 1. The van der Waals surface area contributed by atoms with Crippen molar-refractivity contribution in [1.29, 1.82) is 0 Å². The molecule has 0 spiro atoms. The molecule has 1 aromatic carbocycles. The first-order valence-electron chi connectivity index (χ1n) is 5.98. The van der Waals surface area contributed by atoms with Crippen LogP contribution in [0.3, 0.4) is 0 Å². The number of carbonyl (C=O) groups excluding carboxylic acids is 1. The zero-order valence-corrected chi connectivity index (χ0v) is 11.1. The molecule has 17 heavy (non-hydrogen) atoms. The smallest absolute Gasteiger partial charge is 0.218 e. The summed E-state index contributed by atoms with van der Waals surface area (Å²) in [4.78, 5) is 10.8. The first-order chi connectivity index (χ1) is 7.90. The SMILES string of the molecule is Cc1cc(C)c(CN[C@H](C)CC(N)=O)c(C)c1. The lowest BCUT2D eigenvalue weighted by Crippen LogP contribution is -2.30. The Bertz CT molecular complexity index is 390. The van der Waals surface area contributed by atoms with E-state index < -0.39 is 0 Å². The maximum absolute atomic E-state index is 10.8. The number of nitrogens with one attached hydrogen (secondary N) is 1. The zero-order chi connectivity index (χ0) is 13.0. The Balaban J connectivity index is 2.66. The van der Waals surface area contributed by atoms with Gasteiger partial charge >= 0.3 is 0 Å². The van der Waals surface area contributed by atoms with Gasteiger partial charge in [0.05, 0.1) is 0 Å². The molecule has 0 aliphatic rings. The van der Waals surface area contributed by atoms with Crippen LogP contribution in [0.1, 0.15) is 35.6 Å². The number of aryl methyl sites for hydroxylation is 3. The van der Waals surface area contributed by atoms with E-state index in [1.165, 1.54) is 22.3 Å². The van der Waals surface area contributed by atoms with E-state index >= 15 is 0 Å². The van der Waals surface area contributed by atoms with Gasteiger partial charge in [0.15, 0.2) is 0 Å². The molecular formula is C14H22N2O. The number of benzene rings is 1. The minimum atomic E-state index is -0.262. The van der Waals surface area contributed by atoms with Crippen molar-refractivity contribution >= 4 is 5.91 Å².